The van der Waals surface area contributed by atoms with Crippen LogP contribution in [0.1, 0.15) is 36.8 Å². The van der Waals surface area contributed by atoms with Crippen LogP contribution in [0.4, 0.5) is 4.79 Å². The summed E-state index contributed by atoms with van der Waals surface area (Å²) in [5.74, 6) is -1.69. The minimum absolute atomic E-state index is 0.0700. The van der Waals surface area contributed by atoms with Gasteiger partial charge in [0.15, 0.2) is 0 Å². The van der Waals surface area contributed by atoms with Crippen molar-refractivity contribution in [3.8, 4) is 11.1 Å². The van der Waals surface area contributed by atoms with Gasteiger partial charge in [-0.05, 0) is 35.6 Å². The maximum atomic E-state index is 12.8. The van der Waals surface area contributed by atoms with E-state index >= 15 is 0 Å². The molecule has 2 aromatic rings. The zero-order chi connectivity index (χ0) is 24.8. The Balaban J connectivity index is 1.37. The first kappa shape index (κ1) is 24.7. The van der Waals surface area contributed by atoms with Gasteiger partial charge in [-0.2, -0.15) is 0 Å². The number of hydrogen-bond acceptors (Lipinski definition) is 6. The molecule has 35 heavy (non-hydrogen) atoms. The van der Waals surface area contributed by atoms with Gasteiger partial charge in [0.25, 0.3) is 0 Å². The van der Waals surface area contributed by atoms with Gasteiger partial charge in [-0.15, -0.1) is 0 Å². The van der Waals surface area contributed by atoms with Gasteiger partial charge in [0.05, 0.1) is 19.8 Å². The van der Waals surface area contributed by atoms with Crippen molar-refractivity contribution in [1.29, 1.82) is 0 Å². The van der Waals surface area contributed by atoms with Crippen molar-refractivity contribution in [3.63, 3.8) is 0 Å². The average molecular weight is 483 g/mol. The number of carbonyl (C=O) groups is 3. The molecule has 4 rings (SSSR count). The summed E-state index contributed by atoms with van der Waals surface area (Å²) in [6, 6.07) is 14.9. The molecule has 1 fully saturated rings. The molecular weight excluding hydrogens is 452 g/mol. The summed E-state index contributed by atoms with van der Waals surface area (Å²) in [5, 5.41) is 14.3. The lowest BCUT2D eigenvalue weighted by Gasteiger charge is -2.34. The van der Waals surface area contributed by atoms with Crippen molar-refractivity contribution < 1.29 is 33.7 Å². The molecule has 0 aromatic heterocycles. The van der Waals surface area contributed by atoms with Crippen LogP contribution in [-0.4, -0.2) is 67.7 Å². The molecule has 186 valence electrons. The van der Waals surface area contributed by atoms with Crippen LogP contribution in [0.15, 0.2) is 48.5 Å². The summed E-state index contributed by atoms with van der Waals surface area (Å²) in [5.41, 5.74) is 3.68. The molecule has 2 unspecified atom stereocenters. The molecule has 1 aliphatic heterocycles. The van der Waals surface area contributed by atoms with Crippen molar-refractivity contribution in [3.05, 3.63) is 59.7 Å². The van der Waals surface area contributed by atoms with Crippen LogP contribution in [0.5, 0.6) is 0 Å². The Morgan fingerprint density at radius 3 is 2.34 bits per heavy atom. The fraction of sp³-hybridized carbons (Fsp3) is 0.423. The zero-order valence-electron chi connectivity index (χ0n) is 19.6. The van der Waals surface area contributed by atoms with E-state index < -0.39 is 29.6 Å². The number of amides is 2. The number of aliphatic carboxylic acids is 1. The number of fused-ring (bicyclic) bond motifs is 3. The number of carbonyl (C=O) groups excluding carboxylic acids is 2. The van der Waals surface area contributed by atoms with Crippen LogP contribution in [0.25, 0.3) is 11.1 Å². The highest BCUT2D eigenvalue weighted by Crippen LogP contribution is 2.44. The Morgan fingerprint density at radius 1 is 1.09 bits per heavy atom. The molecule has 0 radical (unpaired) electrons. The number of rotatable bonds is 9. The lowest BCUT2D eigenvalue weighted by atomic mass is 9.98. The van der Waals surface area contributed by atoms with Gasteiger partial charge in [-0.1, -0.05) is 48.5 Å². The Morgan fingerprint density at radius 2 is 1.74 bits per heavy atom. The molecular formula is C26H30N2O7. The number of carboxylic acid groups (broad SMARTS) is 1. The van der Waals surface area contributed by atoms with E-state index in [0.717, 1.165) is 22.3 Å². The average Bonchev–Trinajstić information content (AvgIpc) is 3.18. The molecule has 1 aliphatic carbocycles. The van der Waals surface area contributed by atoms with Gasteiger partial charge < -0.3 is 30.0 Å². The summed E-state index contributed by atoms with van der Waals surface area (Å²) in [4.78, 5) is 36.5. The Kier molecular flexibility index (Phi) is 7.67. The van der Waals surface area contributed by atoms with Gasteiger partial charge in [-0.25, -0.2) is 4.79 Å². The van der Waals surface area contributed by atoms with Crippen molar-refractivity contribution in [2.24, 2.45) is 0 Å². The van der Waals surface area contributed by atoms with Gasteiger partial charge in [0, 0.05) is 18.9 Å². The van der Waals surface area contributed by atoms with E-state index in [0.29, 0.717) is 19.8 Å². The standard InChI is InChI=1S/C26H30N2O7/c1-26(16-33-12-13-35-26)15-27-24(31)22(10-11-23(29)30)28-25(32)34-14-21-19-8-4-2-6-17(19)18-7-3-5-9-20(18)21/h2-9,21-22H,10-16H2,1H3,(H,27,31)(H,28,32)(H,29,30). The highest BCUT2D eigenvalue weighted by Gasteiger charge is 2.32. The lowest BCUT2D eigenvalue weighted by Crippen LogP contribution is -2.54. The molecule has 1 saturated heterocycles. The third kappa shape index (κ3) is 5.98. The summed E-state index contributed by atoms with van der Waals surface area (Å²) in [6.07, 6.45) is -1.13. The fourth-order valence-electron chi connectivity index (χ4n) is 4.50. The molecule has 0 spiro atoms. The number of hydrogen-bond donors (Lipinski definition) is 3. The first-order valence-corrected chi connectivity index (χ1v) is 11.7. The number of alkyl carbamates (subject to hydrolysis) is 1. The highest BCUT2D eigenvalue weighted by molar-refractivity contribution is 5.86. The van der Waals surface area contributed by atoms with Gasteiger partial charge in [-0.3, -0.25) is 9.59 Å². The minimum Gasteiger partial charge on any atom is -0.481 e. The molecule has 9 heteroatoms. The number of ether oxygens (including phenoxy) is 3. The third-order valence-corrected chi connectivity index (χ3v) is 6.32. The fourth-order valence-corrected chi connectivity index (χ4v) is 4.50. The normalized spacial score (nSPS) is 19.8. The molecule has 9 nitrogen and oxygen atoms in total. The van der Waals surface area contributed by atoms with Crippen molar-refractivity contribution in [1.82, 2.24) is 10.6 Å². The summed E-state index contributed by atoms with van der Waals surface area (Å²) in [6.45, 7) is 3.32. The number of benzene rings is 2. The van der Waals surface area contributed by atoms with E-state index in [9.17, 15) is 14.4 Å². The molecule has 2 aromatic carbocycles. The van der Waals surface area contributed by atoms with Crippen LogP contribution in [0.3, 0.4) is 0 Å². The lowest BCUT2D eigenvalue weighted by molar-refractivity contribution is -0.149. The second-order valence-electron chi connectivity index (χ2n) is 9.02. The first-order valence-electron chi connectivity index (χ1n) is 11.7. The maximum Gasteiger partial charge on any atom is 0.407 e. The Hall–Kier alpha value is -3.43. The van der Waals surface area contributed by atoms with Gasteiger partial charge in [0.1, 0.15) is 18.2 Å². The summed E-state index contributed by atoms with van der Waals surface area (Å²) in [7, 11) is 0. The van der Waals surface area contributed by atoms with Crippen molar-refractivity contribution >= 4 is 18.0 Å². The van der Waals surface area contributed by atoms with Crippen molar-refractivity contribution in [2.45, 2.75) is 37.3 Å². The molecule has 2 amide bonds. The van der Waals surface area contributed by atoms with Crippen LogP contribution in [0.2, 0.25) is 0 Å². The second-order valence-corrected chi connectivity index (χ2v) is 9.02. The summed E-state index contributed by atoms with van der Waals surface area (Å²) < 4.78 is 16.6. The number of carboxylic acids is 1. The topological polar surface area (TPSA) is 123 Å². The quantitative estimate of drug-likeness (QED) is 0.502. The van der Waals surface area contributed by atoms with Crippen LogP contribution in [0, 0.1) is 0 Å². The van der Waals surface area contributed by atoms with Crippen molar-refractivity contribution in [2.75, 3.05) is 33.0 Å². The number of nitrogens with one attached hydrogen (secondary N) is 2. The van der Waals surface area contributed by atoms with Crippen LogP contribution >= 0.6 is 0 Å². The minimum atomic E-state index is -1.06. The molecule has 0 saturated carbocycles. The van der Waals surface area contributed by atoms with E-state index in [-0.39, 0.29) is 31.9 Å². The largest absolute Gasteiger partial charge is 0.481 e. The predicted octanol–water partition coefficient (Wildman–Crippen LogP) is 2.68. The molecule has 0 bridgehead atoms. The van der Waals surface area contributed by atoms with E-state index in [2.05, 4.69) is 10.6 Å². The maximum absolute atomic E-state index is 12.8. The molecule has 2 aliphatic rings. The Bertz CT molecular complexity index is 1040. The van der Waals surface area contributed by atoms with Gasteiger partial charge >= 0.3 is 12.1 Å². The monoisotopic (exact) mass is 482 g/mol. The molecule has 1 heterocycles. The van der Waals surface area contributed by atoms with E-state index in [1.165, 1.54) is 0 Å². The smallest absolute Gasteiger partial charge is 0.407 e. The van der Waals surface area contributed by atoms with E-state index in [1.54, 1.807) is 0 Å². The molecule has 3 N–H and O–H groups in total. The zero-order valence-corrected chi connectivity index (χ0v) is 19.6. The second kappa shape index (κ2) is 10.9. The first-order chi connectivity index (χ1) is 16.9. The highest BCUT2D eigenvalue weighted by atomic mass is 16.6. The molecule has 2 atom stereocenters. The van der Waals surface area contributed by atoms with Gasteiger partial charge in [0.2, 0.25) is 5.91 Å². The Labute approximate surface area is 203 Å². The SMILES string of the molecule is CC1(CNC(=O)C(CCC(=O)O)NC(=O)OCC2c3ccccc3-c3ccccc32)COCCO1. The summed E-state index contributed by atoms with van der Waals surface area (Å²) >= 11 is 0. The predicted molar refractivity (Wildman–Crippen MR) is 127 cm³/mol. The van der Waals surface area contributed by atoms with E-state index in [4.69, 9.17) is 19.3 Å². The van der Waals surface area contributed by atoms with Crippen LogP contribution in [-0.2, 0) is 23.8 Å². The third-order valence-electron chi connectivity index (χ3n) is 6.32. The van der Waals surface area contributed by atoms with E-state index in [1.807, 2.05) is 55.5 Å². The van der Waals surface area contributed by atoms with Crippen LogP contribution < -0.4 is 10.6 Å².